The molecule has 0 amide bonds. The average Bonchev–Trinajstić information content (AvgIpc) is 2.53. The predicted octanol–water partition coefficient (Wildman–Crippen LogP) is 2.00. The molecule has 2 N–H and O–H groups in total. The summed E-state index contributed by atoms with van der Waals surface area (Å²) in [5.74, 6) is 0. The van der Waals surface area contributed by atoms with E-state index < -0.39 is 0 Å². The van der Waals surface area contributed by atoms with Crippen molar-refractivity contribution in [2.75, 3.05) is 19.6 Å². The maximum Gasteiger partial charge on any atom is 0.0707 e. The highest BCUT2D eigenvalue weighted by Crippen LogP contribution is 2.27. The minimum atomic E-state index is 0.343. The van der Waals surface area contributed by atoms with Crippen LogP contribution in [-0.4, -0.2) is 42.8 Å². The first-order valence-corrected chi connectivity index (χ1v) is 7.06. The lowest BCUT2D eigenvalue weighted by Gasteiger charge is -2.33. The number of nitrogens with two attached hydrogens (primary N) is 1. The molecule has 3 unspecified atom stereocenters. The van der Waals surface area contributed by atoms with E-state index in [9.17, 15) is 0 Å². The van der Waals surface area contributed by atoms with Crippen molar-refractivity contribution >= 4 is 0 Å². The molecule has 0 saturated carbocycles. The third kappa shape index (κ3) is 4.23. The van der Waals surface area contributed by atoms with Crippen molar-refractivity contribution in [1.82, 2.24) is 4.90 Å². The van der Waals surface area contributed by atoms with E-state index in [1.54, 1.807) is 0 Å². The maximum absolute atomic E-state index is 6.20. The quantitative estimate of drug-likeness (QED) is 0.817. The number of nitrogens with zero attached hydrogens (tertiary/aromatic N) is 1. The lowest BCUT2D eigenvalue weighted by atomic mass is 9.87. The number of rotatable bonds is 4. The number of hydrogen-bond acceptors (Lipinski definition) is 3. The van der Waals surface area contributed by atoms with Gasteiger partial charge in [0.2, 0.25) is 0 Å². The molecule has 0 aromatic heterocycles. The molecule has 0 aromatic carbocycles. The standard InChI is InChI=1S/C14H28N2O/c1-14(2,3)8-11(15)6-7-16-9-12-4-5-13(10-16)17-12/h11-13H,4-10,15H2,1-3H3. The Balaban J connectivity index is 1.68. The Morgan fingerprint density at radius 1 is 1.24 bits per heavy atom. The monoisotopic (exact) mass is 240 g/mol. The second-order valence-electron chi connectivity index (χ2n) is 7.03. The molecular formula is C14H28N2O. The Labute approximate surface area is 106 Å². The van der Waals surface area contributed by atoms with Crippen LogP contribution in [0, 0.1) is 5.41 Å². The number of likely N-dealkylation sites (tertiary alicyclic amines) is 1. The molecule has 2 heterocycles. The normalized spacial score (nSPS) is 31.8. The van der Waals surface area contributed by atoms with Gasteiger partial charge in [-0.15, -0.1) is 0 Å². The fourth-order valence-corrected chi connectivity index (χ4v) is 3.12. The fraction of sp³-hybridized carbons (Fsp3) is 1.00. The first-order valence-electron chi connectivity index (χ1n) is 7.06. The molecule has 3 nitrogen and oxygen atoms in total. The highest BCUT2D eigenvalue weighted by molar-refractivity contribution is 4.85. The van der Waals surface area contributed by atoms with Crippen molar-refractivity contribution in [3.63, 3.8) is 0 Å². The first-order chi connectivity index (χ1) is 7.92. The molecule has 0 aliphatic carbocycles. The number of morpholine rings is 1. The van der Waals surface area contributed by atoms with E-state index in [1.165, 1.54) is 12.8 Å². The van der Waals surface area contributed by atoms with Gasteiger partial charge in [0.05, 0.1) is 12.2 Å². The van der Waals surface area contributed by atoms with E-state index in [-0.39, 0.29) is 0 Å². The summed E-state index contributed by atoms with van der Waals surface area (Å²) in [5.41, 5.74) is 6.55. The van der Waals surface area contributed by atoms with Crippen LogP contribution in [0.1, 0.15) is 46.5 Å². The van der Waals surface area contributed by atoms with Gasteiger partial charge in [-0.2, -0.15) is 0 Å². The Kier molecular flexibility index (Phi) is 4.11. The van der Waals surface area contributed by atoms with Crippen LogP contribution in [0.5, 0.6) is 0 Å². The highest BCUT2D eigenvalue weighted by Gasteiger charge is 2.33. The molecular weight excluding hydrogens is 212 g/mol. The van der Waals surface area contributed by atoms with Crippen LogP contribution in [-0.2, 0) is 4.74 Å². The summed E-state index contributed by atoms with van der Waals surface area (Å²) in [7, 11) is 0. The Hall–Kier alpha value is -0.120. The van der Waals surface area contributed by atoms with E-state index in [0.717, 1.165) is 32.5 Å². The molecule has 3 atom stereocenters. The second kappa shape index (κ2) is 5.25. The van der Waals surface area contributed by atoms with Crippen LogP contribution in [0.4, 0.5) is 0 Å². The second-order valence-corrected chi connectivity index (χ2v) is 7.03. The molecule has 2 aliphatic rings. The third-order valence-corrected chi connectivity index (χ3v) is 3.81. The van der Waals surface area contributed by atoms with Crippen LogP contribution >= 0.6 is 0 Å². The van der Waals surface area contributed by atoms with Crippen molar-refractivity contribution in [3.05, 3.63) is 0 Å². The highest BCUT2D eigenvalue weighted by atomic mass is 16.5. The molecule has 100 valence electrons. The molecule has 2 saturated heterocycles. The van der Waals surface area contributed by atoms with Gasteiger partial charge in [-0.05, 0) is 37.6 Å². The summed E-state index contributed by atoms with van der Waals surface area (Å²) in [5, 5.41) is 0. The zero-order valence-corrected chi connectivity index (χ0v) is 11.6. The zero-order chi connectivity index (χ0) is 12.5. The fourth-order valence-electron chi connectivity index (χ4n) is 3.12. The van der Waals surface area contributed by atoms with Crippen molar-refractivity contribution < 1.29 is 4.74 Å². The van der Waals surface area contributed by atoms with Gasteiger partial charge >= 0.3 is 0 Å². The van der Waals surface area contributed by atoms with E-state index in [2.05, 4.69) is 25.7 Å². The maximum atomic E-state index is 6.20. The molecule has 17 heavy (non-hydrogen) atoms. The molecule has 2 fully saturated rings. The van der Waals surface area contributed by atoms with E-state index in [1.807, 2.05) is 0 Å². The number of ether oxygens (including phenoxy) is 1. The van der Waals surface area contributed by atoms with Gasteiger partial charge < -0.3 is 10.5 Å². The van der Waals surface area contributed by atoms with Gasteiger partial charge in [0.25, 0.3) is 0 Å². The lowest BCUT2D eigenvalue weighted by molar-refractivity contribution is -0.0390. The molecule has 0 aromatic rings. The van der Waals surface area contributed by atoms with Crippen molar-refractivity contribution in [2.45, 2.75) is 64.7 Å². The summed E-state index contributed by atoms with van der Waals surface area (Å²) in [6.45, 7) is 10.2. The minimum Gasteiger partial charge on any atom is -0.372 e. The van der Waals surface area contributed by atoms with Gasteiger partial charge in [0, 0.05) is 19.1 Å². The van der Waals surface area contributed by atoms with Crippen LogP contribution < -0.4 is 5.73 Å². The summed E-state index contributed by atoms with van der Waals surface area (Å²) < 4.78 is 5.84. The predicted molar refractivity (Wildman–Crippen MR) is 71.0 cm³/mol. The van der Waals surface area contributed by atoms with Crippen LogP contribution in [0.3, 0.4) is 0 Å². The van der Waals surface area contributed by atoms with Crippen molar-refractivity contribution in [1.29, 1.82) is 0 Å². The molecule has 2 aliphatic heterocycles. The molecule has 0 spiro atoms. The molecule has 2 rings (SSSR count). The molecule has 0 radical (unpaired) electrons. The van der Waals surface area contributed by atoms with Crippen LogP contribution in [0.15, 0.2) is 0 Å². The average molecular weight is 240 g/mol. The SMILES string of the molecule is CC(C)(C)CC(N)CCN1CC2CCC(C1)O2. The van der Waals surface area contributed by atoms with Gasteiger partial charge in [0.15, 0.2) is 0 Å². The molecule has 2 bridgehead atoms. The lowest BCUT2D eigenvalue weighted by Crippen LogP contribution is -2.44. The zero-order valence-electron chi connectivity index (χ0n) is 11.6. The van der Waals surface area contributed by atoms with Crippen LogP contribution in [0.2, 0.25) is 0 Å². The topological polar surface area (TPSA) is 38.5 Å². The van der Waals surface area contributed by atoms with Gasteiger partial charge in [-0.3, -0.25) is 4.90 Å². The Morgan fingerprint density at radius 3 is 2.35 bits per heavy atom. The minimum absolute atomic E-state index is 0.343. The van der Waals surface area contributed by atoms with Crippen LogP contribution in [0.25, 0.3) is 0 Å². The van der Waals surface area contributed by atoms with E-state index in [4.69, 9.17) is 10.5 Å². The number of fused-ring (bicyclic) bond motifs is 2. The van der Waals surface area contributed by atoms with Crippen molar-refractivity contribution in [2.24, 2.45) is 11.1 Å². The summed E-state index contributed by atoms with van der Waals surface area (Å²) >= 11 is 0. The van der Waals surface area contributed by atoms with E-state index in [0.29, 0.717) is 23.7 Å². The van der Waals surface area contributed by atoms with Gasteiger partial charge in [-0.25, -0.2) is 0 Å². The van der Waals surface area contributed by atoms with E-state index >= 15 is 0 Å². The van der Waals surface area contributed by atoms with Gasteiger partial charge in [-0.1, -0.05) is 20.8 Å². The smallest absolute Gasteiger partial charge is 0.0707 e. The summed E-state index contributed by atoms with van der Waals surface area (Å²) in [6, 6.07) is 0.343. The summed E-state index contributed by atoms with van der Waals surface area (Å²) in [6.07, 6.45) is 5.77. The van der Waals surface area contributed by atoms with Crippen molar-refractivity contribution in [3.8, 4) is 0 Å². The Morgan fingerprint density at radius 2 is 1.82 bits per heavy atom. The largest absolute Gasteiger partial charge is 0.372 e. The third-order valence-electron chi connectivity index (χ3n) is 3.81. The number of hydrogen-bond donors (Lipinski definition) is 1. The van der Waals surface area contributed by atoms with Gasteiger partial charge in [0.1, 0.15) is 0 Å². The summed E-state index contributed by atoms with van der Waals surface area (Å²) in [4.78, 5) is 2.55. The Bertz CT molecular complexity index is 237. The first kappa shape index (κ1) is 13.3. The molecule has 3 heteroatoms.